The number of aliphatic hydroxyl groups is 11. The minimum Gasteiger partial charge on any atom is -0.477 e. The number of carbonyl (C=O) groups is 3. The van der Waals surface area contributed by atoms with Crippen molar-refractivity contribution < 1.29 is 104 Å². The largest absolute Gasteiger partial charge is 0.477 e. The Morgan fingerprint density at radius 3 is 1.42 bits per heavy atom. The lowest BCUT2D eigenvalue weighted by atomic mass is 9.88. The van der Waals surface area contributed by atoms with Crippen LogP contribution in [0.3, 0.4) is 0 Å². The van der Waals surface area contributed by atoms with Gasteiger partial charge in [0.05, 0.1) is 50.7 Å². The van der Waals surface area contributed by atoms with Gasteiger partial charge in [0.2, 0.25) is 11.8 Å². The van der Waals surface area contributed by atoms with Crippen LogP contribution < -0.4 is 10.6 Å². The van der Waals surface area contributed by atoms with Crippen molar-refractivity contribution in [3.63, 3.8) is 0 Å². The Labute approximate surface area is 569 Å². The van der Waals surface area contributed by atoms with Crippen LogP contribution in [0, 0.1) is 0 Å². The summed E-state index contributed by atoms with van der Waals surface area (Å²) in [5, 5.41) is 136. The van der Waals surface area contributed by atoms with Crippen LogP contribution in [0.1, 0.15) is 290 Å². The van der Waals surface area contributed by atoms with Gasteiger partial charge in [0.1, 0.15) is 67.1 Å². The van der Waals surface area contributed by atoms with E-state index in [1.54, 1.807) is 0 Å². The molecule has 23 heteroatoms. The van der Waals surface area contributed by atoms with Gasteiger partial charge in [-0.05, 0) is 38.5 Å². The highest BCUT2D eigenvalue weighted by molar-refractivity contribution is 5.77. The SMILES string of the molecule is CCCCCCCCCCCCCC/C=C\CCCCCCCCCCCCCCC(=O)NC(COC1OC(CO)C(OC2OC(CO)C(O)C(OC3(C(=O)O)CC(O)C(NC(C)=O)C(C(O)C(O)CO)O3)C2O)C(O)C1O)C(O)CCCCCCCCCCCCCCC. The number of rotatable bonds is 58. The number of carboxylic acid groups (broad SMARTS) is 1. The van der Waals surface area contributed by atoms with Gasteiger partial charge in [-0.2, -0.15) is 0 Å². The topological polar surface area (TPSA) is 373 Å². The van der Waals surface area contributed by atoms with Gasteiger partial charge in [-0.3, -0.25) is 9.59 Å². The number of hydrogen-bond acceptors (Lipinski definition) is 20. The van der Waals surface area contributed by atoms with Gasteiger partial charge in [-0.25, -0.2) is 4.79 Å². The summed E-state index contributed by atoms with van der Waals surface area (Å²) >= 11 is 0. The third-order valence-corrected chi connectivity index (χ3v) is 19.2. The van der Waals surface area contributed by atoms with Crippen LogP contribution in [0.2, 0.25) is 0 Å². The molecule has 0 aromatic rings. The van der Waals surface area contributed by atoms with Gasteiger partial charge >= 0.3 is 5.97 Å². The number of amides is 2. The number of carbonyl (C=O) groups excluding carboxylic acids is 2. The number of ether oxygens (including phenoxy) is 6. The predicted octanol–water partition coefficient (Wildman–Crippen LogP) is 8.24. The number of aliphatic carboxylic acids is 1. The van der Waals surface area contributed by atoms with E-state index in [1.807, 2.05) is 0 Å². The Hall–Kier alpha value is -2.53. The predicted molar refractivity (Wildman–Crippen MR) is 362 cm³/mol. The van der Waals surface area contributed by atoms with E-state index in [0.717, 1.165) is 58.3 Å². The Kier molecular flexibility index (Phi) is 47.9. The lowest BCUT2D eigenvalue weighted by Crippen LogP contribution is -2.70. The van der Waals surface area contributed by atoms with Crippen LogP contribution >= 0.6 is 0 Å². The molecule has 3 aliphatic heterocycles. The van der Waals surface area contributed by atoms with Crippen molar-refractivity contribution in [1.82, 2.24) is 10.6 Å². The van der Waals surface area contributed by atoms with E-state index in [0.29, 0.717) is 19.3 Å². The third-order valence-electron chi connectivity index (χ3n) is 19.2. The van der Waals surface area contributed by atoms with Gasteiger partial charge in [0.15, 0.2) is 12.6 Å². The second-order valence-corrected chi connectivity index (χ2v) is 27.5. The standard InChI is InChI=1S/C72H134N2O21/c1-4-6-8-10-12-14-16-18-19-20-21-22-23-24-25-26-27-28-29-30-31-32-34-36-38-40-42-44-46-59(82)74-53(54(79)45-43-41-39-37-35-33-17-15-13-11-9-7-5-2)51-90-69-64(86)63(85)66(58(50-77)92-69)93-70-65(87)68(62(84)57(49-76)91-70)95-72(71(88)89)47-55(80)60(73-52(3)78)67(94-72)61(83)56(81)48-75/h24-25,53-58,60-70,75-77,79-81,83-87H,4-23,26-51H2,1-3H3,(H,73,78)(H,74,82)(H,88,89)/b25-24-. The van der Waals surface area contributed by atoms with E-state index in [-0.39, 0.29) is 18.9 Å². The van der Waals surface area contributed by atoms with Crippen LogP contribution in [0.5, 0.6) is 0 Å². The highest BCUT2D eigenvalue weighted by Crippen LogP contribution is 2.39. The molecule has 2 amide bonds. The average molecular weight is 1360 g/mol. The van der Waals surface area contributed by atoms with Crippen LogP contribution in [0.25, 0.3) is 0 Å². The molecular weight excluding hydrogens is 1230 g/mol. The van der Waals surface area contributed by atoms with Gasteiger partial charge < -0.3 is 100 Å². The number of hydrogen-bond donors (Lipinski definition) is 14. The van der Waals surface area contributed by atoms with Crippen LogP contribution in [0.4, 0.5) is 0 Å². The summed E-state index contributed by atoms with van der Waals surface area (Å²) < 4.78 is 34.9. The molecule has 3 heterocycles. The van der Waals surface area contributed by atoms with E-state index in [1.165, 1.54) is 186 Å². The molecule has 0 aromatic carbocycles. The van der Waals surface area contributed by atoms with Crippen molar-refractivity contribution in [3.05, 3.63) is 12.2 Å². The van der Waals surface area contributed by atoms with Gasteiger partial charge in [-0.15, -0.1) is 0 Å². The first-order valence-corrected chi connectivity index (χ1v) is 37.5. The monoisotopic (exact) mass is 1360 g/mol. The second kappa shape index (κ2) is 52.5. The van der Waals surface area contributed by atoms with Crippen LogP contribution in [-0.2, 0) is 42.8 Å². The zero-order valence-corrected chi connectivity index (χ0v) is 58.5. The van der Waals surface area contributed by atoms with Gasteiger partial charge in [0.25, 0.3) is 5.79 Å². The second-order valence-electron chi connectivity index (χ2n) is 27.5. The van der Waals surface area contributed by atoms with Crippen molar-refractivity contribution in [2.75, 3.05) is 26.4 Å². The summed E-state index contributed by atoms with van der Waals surface area (Å²) in [5.41, 5.74) is 0. The first kappa shape index (κ1) is 86.7. The molecule has 0 radical (unpaired) electrons. The average Bonchev–Trinajstić information content (AvgIpc) is 0.757. The van der Waals surface area contributed by atoms with E-state index in [9.17, 15) is 75.7 Å². The molecule has 18 unspecified atom stereocenters. The quantitative estimate of drug-likeness (QED) is 0.0201. The van der Waals surface area contributed by atoms with Crippen molar-refractivity contribution in [1.29, 1.82) is 0 Å². The molecular formula is C72H134N2O21. The van der Waals surface area contributed by atoms with Crippen molar-refractivity contribution in [3.8, 4) is 0 Å². The summed E-state index contributed by atoms with van der Waals surface area (Å²) in [6.45, 7) is 2.22. The summed E-state index contributed by atoms with van der Waals surface area (Å²) in [7, 11) is 0. The first-order chi connectivity index (χ1) is 45.9. The summed E-state index contributed by atoms with van der Waals surface area (Å²) in [5.74, 6) is -6.10. The fraction of sp³-hybridized carbons (Fsp3) is 0.931. The molecule has 3 fully saturated rings. The molecule has 18 atom stereocenters. The van der Waals surface area contributed by atoms with E-state index >= 15 is 0 Å². The number of allylic oxidation sites excluding steroid dienone is 2. The van der Waals surface area contributed by atoms with E-state index in [4.69, 9.17) is 28.4 Å². The van der Waals surface area contributed by atoms with Crippen molar-refractivity contribution >= 4 is 17.8 Å². The summed E-state index contributed by atoms with van der Waals surface area (Å²) in [6.07, 6.45) is 23.7. The van der Waals surface area contributed by atoms with E-state index < -0.39 is 148 Å². The zero-order chi connectivity index (χ0) is 69.6. The minimum atomic E-state index is -3.08. The Morgan fingerprint density at radius 2 is 0.979 bits per heavy atom. The molecule has 0 saturated carbocycles. The number of aliphatic hydroxyl groups excluding tert-OH is 11. The molecule has 0 spiro atoms. The number of carboxylic acids is 1. The minimum absolute atomic E-state index is 0.225. The number of nitrogens with one attached hydrogen (secondary N) is 2. The number of unbranched alkanes of at least 4 members (excludes halogenated alkanes) is 36. The molecule has 0 aromatic heterocycles. The van der Waals surface area contributed by atoms with Crippen molar-refractivity contribution in [2.45, 2.75) is 400 Å². The third kappa shape index (κ3) is 34.1. The highest BCUT2D eigenvalue weighted by Gasteiger charge is 2.60. The maximum absolute atomic E-state index is 13.5. The molecule has 0 aliphatic carbocycles. The zero-order valence-electron chi connectivity index (χ0n) is 58.5. The molecule has 95 heavy (non-hydrogen) atoms. The van der Waals surface area contributed by atoms with Crippen LogP contribution in [-0.4, -0.2) is 215 Å². The highest BCUT2D eigenvalue weighted by atomic mass is 16.8. The molecule has 3 rings (SSSR count). The Morgan fingerprint density at radius 1 is 0.537 bits per heavy atom. The lowest BCUT2D eigenvalue weighted by Gasteiger charge is -2.50. The molecule has 558 valence electrons. The Balaban J connectivity index is 1.50. The lowest BCUT2D eigenvalue weighted by molar-refractivity contribution is -0.386. The molecule has 3 saturated heterocycles. The van der Waals surface area contributed by atoms with Crippen LogP contribution in [0.15, 0.2) is 12.2 Å². The Bertz CT molecular complexity index is 1960. The van der Waals surface area contributed by atoms with Gasteiger partial charge in [0, 0.05) is 19.8 Å². The first-order valence-electron chi connectivity index (χ1n) is 37.5. The maximum Gasteiger partial charge on any atom is 0.364 e. The van der Waals surface area contributed by atoms with Crippen molar-refractivity contribution in [2.24, 2.45) is 0 Å². The smallest absolute Gasteiger partial charge is 0.364 e. The molecule has 0 bridgehead atoms. The fourth-order valence-corrected chi connectivity index (χ4v) is 13.2. The summed E-state index contributed by atoms with van der Waals surface area (Å²) in [6, 6.07) is -2.53. The molecule has 14 N–H and O–H groups in total. The van der Waals surface area contributed by atoms with E-state index in [2.05, 4.69) is 36.6 Å². The fourth-order valence-electron chi connectivity index (χ4n) is 13.2. The molecule has 3 aliphatic rings. The summed E-state index contributed by atoms with van der Waals surface area (Å²) in [4.78, 5) is 38.6. The normalized spacial score (nSPS) is 27.7. The molecule has 23 nitrogen and oxygen atoms in total. The van der Waals surface area contributed by atoms with Gasteiger partial charge in [-0.1, -0.05) is 244 Å². The maximum atomic E-state index is 13.5.